The van der Waals surface area contributed by atoms with E-state index < -0.39 is 0 Å². The van der Waals surface area contributed by atoms with Crippen LogP contribution in [0.4, 0.5) is 0 Å². The molecule has 0 aliphatic carbocycles. The normalized spacial score (nSPS) is 2.40. The average molecular weight is 102 g/mol. The summed E-state index contributed by atoms with van der Waals surface area (Å²) in [4.78, 5) is 0. The van der Waals surface area contributed by atoms with E-state index in [0.717, 1.165) is 0 Å². The zero-order valence-corrected chi connectivity index (χ0v) is 4.69. The first-order chi connectivity index (χ1) is 2.00. The van der Waals surface area contributed by atoms with E-state index in [1.807, 2.05) is 0 Å². The predicted molar refractivity (Wildman–Crippen MR) is 13.6 cm³/mol. The van der Waals surface area contributed by atoms with E-state index in [-0.39, 0.29) is 5.48 Å². The average Bonchev–Trinajstić information content (AvgIpc) is 1.50. The third kappa shape index (κ3) is 81.6. The Kier molecular flexibility index (Phi) is 543. The quantitative estimate of drug-likeness (QED) is 0.363. The first-order valence-electron chi connectivity index (χ1n) is 0.471. The molecule has 24 valence electrons. The van der Waals surface area contributed by atoms with Crippen LogP contribution in [-0.2, 0) is 13.1 Å². The summed E-state index contributed by atoms with van der Waals surface area (Å²) in [5, 5.41) is 0. The second-order valence-corrected chi connectivity index (χ2v) is 0. The molecular weight excluding hydrogens is 102 g/mol. The fraction of sp³-hybridized carbons (Fsp3) is 0. The molecule has 5 heteroatoms. The molecule has 0 unspecified atom stereocenters. The summed E-state index contributed by atoms with van der Waals surface area (Å²) >= 11 is 2.33. The van der Waals surface area contributed by atoms with E-state index in [0.29, 0.717) is 0 Å². The number of hydrogen-bond donors (Lipinski definition) is 0. The molecule has 0 fully saturated rings. The molecule has 0 atom stereocenters. The molecule has 0 aromatic carbocycles. The fourth-order valence-corrected chi connectivity index (χ4v) is 0. The van der Waals surface area contributed by atoms with Crippen molar-refractivity contribution in [2.45, 2.75) is 0 Å². The van der Waals surface area contributed by atoms with Gasteiger partial charge in [0.1, 0.15) is 0 Å². The SMILES string of the molecule is [O-2].[O]=[Al+].[O]=[Al+]. The summed E-state index contributed by atoms with van der Waals surface area (Å²) in [6.07, 6.45) is 0. The third-order valence-electron chi connectivity index (χ3n) is 0. The van der Waals surface area contributed by atoms with Crippen LogP contribution in [0.15, 0.2) is 0 Å². The second-order valence-electron chi connectivity index (χ2n) is 0. The Morgan fingerprint density at radius 3 is 0.800 bits per heavy atom. The van der Waals surface area contributed by atoms with Gasteiger partial charge >= 0.3 is 40.1 Å². The molecule has 0 amide bonds. The Hall–Kier alpha value is 0.625. The molecule has 0 saturated heterocycles. The van der Waals surface area contributed by atoms with Crippen LogP contribution >= 0.6 is 0 Å². The third-order valence-corrected chi connectivity index (χ3v) is 0. The van der Waals surface area contributed by atoms with Crippen LogP contribution in [0.5, 0.6) is 0 Å². The van der Waals surface area contributed by atoms with Crippen LogP contribution in [0.3, 0.4) is 0 Å². The van der Waals surface area contributed by atoms with Gasteiger partial charge in [-0.2, -0.15) is 0 Å². The summed E-state index contributed by atoms with van der Waals surface area (Å²) in [7, 11) is 0. The van der Waals surface area contributed by atoms with Gasteiger partial charge in [0.05, 0.1) is 0 Å². The maximum atomic E-state index is 8.17. The summed E-state index contributed by atoms with van der Waals surface area (Å²) in [5.41, 5.74) is 0. The Morgan fingerprint density at radius 1 is 0.800 bits per heavy atom. The van der Waals surface area contributed by atoms with Gasteiger partial charge in [-0.1, -0.05) is 0 Å². The van der Waals surface area contributed by atoms with Gasteiger partial charge < -0.3 is 5.48 Å². The molecule has 0 rings (SSSR count). The molecule has 0 spiro atoms. The van der Waals surface area contributed by atoms with E-state index in [1.54, 1.807) is 0 Å². The molecule has 0 aromatic heterocycles. The van der Waals surface area contributed by atoms with E-state index >= 15 is 0 Å². The van der Waals surface area contributed by atoms with Gasteiger partial charge in [-0.15, -0.1) is 0 Å². The van der Waals surface area contributed by atoms with Gasteiger partial charge in [0.15, 0.2) is 0 Å². The summed E-state index contributed by atoms with van der Waals surface area (Å²) in [6, 6.07) is 0. The topological polar surface area (TPSA) is 62.6 Å². The fourth-order valence-electron chi connectivity index (χ4n) is 0. The van der Waals surface area contributed by atoms with Crippen molar-refractivity contribution in [3.63, 3.8) is 0 Å². The minimum atomic E-state index is 0. The molecule has 0 bridgehead atoms. The summed E-state index contributed by atoms with van der Waals surface area (Å²) in [5.74, 6) is 0. The molecule has 0 aromatic rings. The Morgan fingerprint density at radius 2 is 0.800 bits per heavy atom. The first-order valence-corrected chi connectivity index (χ1v) is 1.41. The first kappa shape index (κ1) is 17.5. The van der Waals surface area contributed by atoms with E-state index in [4.69, 9.17) is 7.61 Å². The zero-order valence-electron chi connectivity index (χ0n) is 2.38. The Bertz CT molecular complexity index is 6.85. The van der Waals surface area contributed by atoms with Crippen LogP contribution in [-0.4, -0.2) is 32.4 Å². The monoisotopic (exact) mass is 102 g/mol. The Labute approximate surface area is 45.9 Å². The second kappa shape index (κ2) is 156. The van der Waals surface area contributed by atoms with Crippen LogP contribution in [0, 0.1) is 0 Å². The molecule has 5 heavy (non-hydrogen) atoms. The van der Waals surface area contributed by atoms with Crippen molar-refractivity contribution in [3.8, 4) is 0 Å². The molecular formula is Al2O3. The van der Waals surface area contributed by atoms with Crippen LogP contribution in [0.2, 0.25) is 0 Å². The standard InChI is InChI=1S/2Al.3O/q2*+1;;;-2. The van der Waals surface area contributed by atoms with Crippen LogP contribution < -0.4 is 0 Å². The van der Waals surface area contributed by atoms with Crippen molar-refractivity contribution < 1.29 is 13.1 Å². The molecule has 0 N–H and O–H groups in total. The van der Waals surface area contributed by atoms with Gasteiger partial charge in [0.25, 0.3) is 0 Å². The molecule has 0 radical (unpaired) electrons. The van der Waals surface area contributed by atoms with Crippen molar-refractivity contribution in [1.29, 1.82) is 0 Å². The van der Waals surface area contributed by atoms with E-state index in [2.05, 4.69) is 0 Å². The van der Waals surface area contributed by atoms with Gasteiger partial charge in [0, 0.05) is 0 Å². The minimum absolute atomic E-state index is 0. The molecule has 3 nitrogen and oxygen atoms in total. The summed E-state index contributed by atoms with van der Waals surface area (Å²) in [6.45, 7) is 0. The number of hydrogen-bond acceptors (Lipinski definition) is 2. The van der Waals surface area contributed by atoms with Gasteiger partial charge in [-0.25, -0.2) is 0 Å². The van der Waals surface area contributed by atoms with Crippen molar-refractivity contribution in [1.82, 2.24) is 0 Å². The van der Waals surface area contributed by atoms with Crippen LogP contribution in [0.25, 0.3) is 0 Å². The molecule has 0 aliphatic heterocycles. The molecule has 0 heterocycles. The van der Waals surface area contributed by atoms with Gasteiger partial charge in [-0.05, 0) is 0 Å². The van der Waals surface area contributed by atoms with Gasteiger partial charge in [-0.3, -0.25) is 0 Å². The van der Waals surface area contributed by atoms with Crippen LogP contribution in [0.1, 0.15) is 0 Å². The van der Waals surface area contributed by atoms with Crippen molar-refractivity contribution in [2.24, 2.45) is 0 Å². The van der Waals surface area contributed by atoms with Crippen molar-refractivity contribution in [2.75, 3.05) is 0 Å². The number of rotatable bonds is 0. The zero-order chi connectivity index (χ0) is 4.00. The van der Waals surface area contributed by atoms with Crippen molar-refractivity contribution in [3.05, 3.63) is 0 Å². The molecule has 0 saturated carbocycles. The molecule has 0 aliphatic rings. The van der Waals surface area contributed by atoms with E-state index in [1.165, 1.54) is 32.4 Å². The van der Waals surface area contributed by atoms with E-state index in [9.17, 15) is 0 Å². The summed E-state index contributed by atoms with van der Waals surface area (Å²) < 4.78 is 16.3. The maximum absolute atomic E-state index is 8.17. The van der Waals surface area contributed by atoms with Crippen molar-refractivity contribution >= 4 is 32.4 Å². The van der Waals surface area contributed by atoms with Gasteiger partial charge in [0.2, 0.25) is 0 Å². The predicted octanol–water partition coefficient (Wildman–Crippen LogP) is -1.12. The Balaban J connectivity index is -0.0000000133.